The number of aryl methyl sites for hydroxylation is 1. The van der Waals surface area contributed by atoms with Crippen molar-refractivity contribution in [1.29, 1.82) is 0 Å². The maximum absolute atomic E-state index is 11.7. The summed E-state index contributed by atoms with van der Waals surface area (Å²) in [5, 5.41) is 7.46. The number of aromatic nitrogens is 2. The summed E-state index contributed by atoms with van der Waals surface area (Å²) >= 11 is 0. The second-order valence-corrected chi connectivity index (χ2v) is 3.64. The molecule has 4 nitrogen and oxygen atoms in total. The highest BCUT2D eigenvalue weighted by molar-refractivity contribution is 5.81. The zero-order valence-electron chi connectivity index (χ0n) is 9.19. The van der Waals surface area contributed by atoms with Gasteiger partial charge in [0.1, 0.15) is 0 Å². The number of fused-ring (bicyclic) bond motifs is 1. The van der Waals surface area contributed by atoms with Crippen LogP contribution in [-0.4, -0.2) is 23.9 Å². The van der Waals surface area contributed by atoms with Crippen molar-refractivity contribution in [2.45, 2.75) is 12.8 Å². The second kappa shape index (κ2) is 4.90. The summed E-state index contributed by atoms with van der Waals surface area (Å²) in [4.78, 5) is 11.7. The maximum atomic E-state index is 11.7. The van der Waals surface area contributed by atoms with Crippen molar-refractivity contribution in [3.8, 4) is 0 Å². The van der Waals surface area contributed by atoms with Gasteiger partial charge in [-0.1, -0.05) is 18.2 Å². The van der Waals surface area contributed by atoms with E-state index in [4.69, 9.17) is 4.74 Å². The lowest BCUT2D eigenvalue weighted by atomic mass is 10.1. The number of ether oxygens (including phenoxy) is 1. The van der Waals surface area contributed by atoms with Gasteiger partial charge in [0, 0.05) is 24.7 Å². The maximum Gasteiger partial charge on any atom is 0.267 e. The molecule has 0 fully saturated rings. The van der Waals surface area contributed by atoms with Crippen LogP contribution in [0.1, 0.15) is 12.0 Å². The van der Waals surface area contributed by atoms with E-state index in [1.54, 1.807) is 7.11 Å². The zero-order valence-corrected chi connectivity index (χ0v) is 9.19. The topological polar surface area (TPSA) is 55.0 Å². The van der Waals surface area contributed by atoms with E-state index in [0.29, 0.717) is 13.0 Å². The van der Waals surface area contributed by atoms with Crippen molar-refractivity contribution < 1.29 is 4.74 Å². The Labute approximate surface area is 93.3 Å². The molecule has 1 aromatic heterocycles. The van der Waals surface area contributed by atoms with Crippen molar-refractivity contribution in [1.82, 2.24) is 10.2 Å². The van der Waals surface area contributed by atoms with Crippen LogP contribution in [0, 0.1) is 0 Å². The first-order valence-corrected chi connectivity index (χ1v) is 5.28. The third-order valence-corrected chi connectivity index (χ3v) is 2.56. The summed E-state index contributed by atoms with van der Waals surface area (Å²) in [7, 11) is 1.66. The van der Waals surface area contributed by atoms with E-state index in [9.17, 15) is 4.79 Å². The Bertz CT molecular complexity index is 534. The second-order valence-electron chi connectivity index (χ2n) is 3.64. The van der Waals surface area contributed by atoms with Crippen LogP contribution in [0.3, 0.4) is 0 Å². The number of benzene rings is 1. The van der Waals surface area contributed by atoms with Crippen LogP contribution in [-0.2, 0) is 11.2 Å². The molecule has 0 saturated carbocycles. The molecule has 2 aromatic rings. The molecule has 0 amide bonds. The largest absolute Gasteiger partial charge is 0.385 e. The number of para-hydroxylation sites is 1. The molecule has 0 unspecified atom stereocenters. The summed E-state index contributed by atoms with van der Waals surface area (Å²) in [5.74, 6) is 0. The van der Waals surface area contributed by atoms with Gasteiger partial charge in [-0.15, -0.1) is 0 Å². The van der Waals surface area contributed by atoms with Gasteiger partial charge in [-0.25, -0.2) is 5.10 Å². The monoisotopic (exact) mass is 218 g/mol. The van der Waals surface area contributed by atoms with Gasteiger partial charge in [-0.2, -0.15) is 5.10 Å². The Morgan fingerprint density at radius 2 is 2.19 bits per heavy atom. The van der Waals surface area contributed by atoms with Crippen LogP contribution >= 0.6 is 0 Å². The van der Waals surface area contributed by atoms with E-state index in [0.717, 1.165) is 22.9 Å². The van der Waals surface area contributed by atoms with Gasteiger partial charge in [0.15, 0.2) is 0 Å². The third kappa shape index (κ3) is 2.12. The highest BCUT2D eigenvalue weighted by Gasteiger charge is 2.06. The fraction of sp³-hybridized carbons (Fsp3) is 0.333. The summed E-state index contributed by atoms with van der Waals surface area (Å²) in [6, 6.07) is 7.65. The standard InChI is InChI=1S/C12H14N2O2/c1-16-8-4-6-10-9-5-2-3-7-11(9)13-14-12(10)15/h2-3,5,7H,4,6,8H2,1H3,(H,14,15). The average Bonchev–Trinajstić information content (AvgIpc) is 2.32. The first kappa shape index (κ1) is 10.8. The summed E-state index contributed by atoms with van der Waals surface area (Å²) in [5.41, 5.74) is 1.52. The number of H-pyrrole nitrogens is 1. The van der Waals surface area contributed by atoms with Crippen LogP contribution in [0.15, 0.2) is 29.1 Å². The summed E-state index contributed by atoms with van der Waals surface area (Å²) < 4.78 is 4.99. The summed E-state index contributed by atoms with van der Waals surface area (Å²) in [6.45, 7) is 0.663. The average molecular weight is 218 g/mol. The molecule has 1 N–H and O–H groups in total. The first-order valence-electron chi connectivity index (χ1n) is 5.28. The highest BCUT2D eigenvalue weighted by atomic mass is 16.5. The van der Waals surface area contributed by atoms with Gasteiger partial charge >= 0.3 is 0 Å². The van der Waals surface area contributed by atoms with E-state index in [1.165, 1.54) is 0 Å². The number of nitrogens with one attached hydrogen (secondary N) is 1. The molecule has 0 aliphatic heterocycles. The molecule has 0 spiro atoms. The molecule has 0 radical (unpaired) electrons. The Morgan fingerprint density at radius 1 is 1.38 bits per heavy atom. The lowest BCUT2D eigenvalue weighted by molar-refractivity contribution is 0.195. The van der Waals surface area contributed by atoms with Crippen LogP contribution in [0.4, 0.5) is 0 Å². The molecule has 0 atom stereocenters. The van der Waals surface area contributed by atoms with Gasteiger partial charge in [0.2, 0.25) is 0 Å². The van der Waals surface area contributed by atoms with Crippen LogP contribution < -0.4 is 5.56 Å². The van der Waals surface area contributed by atoms with Gasteiger partial charge in [0.05, 0.1) is 5.52 Å². The minimum Gasteiger partial charge on any atom is -0.385 e. The normalized spacial score (nSPS) is 10.8. The minimum absolute atomic E-state index is 0.102. The summed E-state index contributed by atoms with van der Waals surface area (Å²) in [6.07, 6.45) is 1.56. The highest BCUT2D eigenvalue weighted by Crippen LogP contribution is 2.13. The SMILES string of the molecule is COCCCc1c(=O)[nH]nc2ccccc12. The Hall–Kier alpha value is -1.68. The molecule has 2 rings (SSSR count). The van der Waals surface area contributed by atoms with Gasteiger partial charge in [-0.05, 0) is 18.9 Å². The molecule has 1 aromatic carbocycles. The molecule has 1 heterocycles. The number of hydrogen-bond acceptors (Lipinski definition) is 3. The number of nitrogens with zero attached hydrogens (tertiary/aromatic N) is 1. The quantitative estimate of drug-likeness (QED) is 0.791. The molecule has 84 valence electrons. The lowest BCUT2D eigenvalue weighted by Crippen LogP contribution is -2.15. The van der Waals surface area contributed by atoms with Crippen molar-refractivity contribution in [3.05, 3.63) is 40.2 Å². The van der Waals surface area contributed by atoms with E-state index in [1.807, 2.05) is 24.3 Å². The Balaban J connectivity index is 2.41. The molecule has 0 aliphatic rings. The molecule has 0 aliphatic carbocycles. The van der Waals surface area contributed by atoms with Gasteiger partial charge in [0.25, 0.3) is 5.56 Å². The fourth-order valence-electron chi connectivity index (χ4n) is 1.77. The number of hydrogen-bond donors (Lipinski definition) is 1. The molecule has 0 bridgehead atoms. The Kier molecular flexibility index (Phi) is 3.31. The first-order chi connectivity index (χ1) is 7.83. The van der Waals surface area contributed by atoms with Crippen LogP contribution in [0.25, 0.3) is 10.9 Å². The minimum atomic E-state index is -0.102. The van der Waals surface area contributed by atoms with Crippen LogP contribution in [0.5, 0.6) is 0 Å². The molecular weight excluding hydrogens is 204 g/mol. The number of methoxy groups -OCH3 is 1. The van der Waals surface area contributed by atoms with E-state index < -0.39 is 0 Å². The van der Waals surface area contributed by atoms with Gasteiger partial charge < -0.3 is 4.74 Å². The molecule has 0 saturated heterocycles. The number of rotatable bonds is 4. The zero-order chi connectivity index (χ0) is 11.4. The van der Waals surface area contributed by atoms with Crippen LogP contribution in [0.2, 0.25) is 0 Å². The number of aromatic amines is 1. The van der Waals surface area contributed by atoms with E-state index in [2.05, 4.69) is 10.2 Å². The van der Waals surface area contributed by atoms with Crippen molar-refractivity contribution >= 4 is 10.9 Å². The molecule has 16 heavy (non-hydrogen) atoms. The molecule has 4 heteroatoms. The van der Waals surface area contributed by atoms with E-state index >= 15 is 0 Å². The predicted octanol–water partition coefficient (Wildman–Crippen LogP) is 1.50. The van der Waals surface area contributed by atoms with Gasteiger partial charge in [-0.3, -0.25) is 4.79 Å². The third-order valence-electron chi connectivity index (χ3n) is 2.56. The smallest absolute Gasteiger partial charge is 0.267 e. The predicted molar refractivity (Wildman–Crippen MR) is 62.6 cm³/mol. The fourth-order valence-corrected chi connectivity index (χ4v) is 1.77. The van der Waals surface area contributed by atoms with Crippen molar-refractivity contribution in [2.75, 3.05) is 13.7 Å². The lowest BCUT2D eigenvalue weighted by Gasteiger charge is -2.04. The molecular formula is C12H14N2O2. The van der Waals surface area contributed by atoms with Crippen molar-refractivity contribution in [3.63, 3.8) is 0 Å². The van der Waals surface area contributed by atoms with Crippen molar-refractivity contribution in [2.24, 2.45) is 0 Å². The van der Waals surface area contributed by atoms with E-state index in [-0.39, 0.29) is 5.56 Å². The Morgan fingerprint density at radius 3 is 3.00 bits per heavy atom.